The fraction of sp³-hybridized carbons (Fsp3) is 0.333. The first-order valence-corrected chi connectivity index (χ1v) is 11.3. The molecule has 2 bridgehead atoms. The number of carbonyl (C=O) groups is 1. The van der Waals surface area contributed by atoms with E-state index in [0.717, 1.165) is 11.2 Å². The Morgan fingerprint density at radius 3 is 2.67 bits per heavy atom. The number of alkyl halides is 1. The molecule has 1 N–H and O–H groups in total. The second-order valence-corrected chi connectivity index (χ2v) is 9.80. The van der Waals surface area contributed by atoms with Crippen LogP contribution in [0.4, 0.5) is 4.39 Å². The van der Waals surface area contributed by atoms with Crippen LogP contribution in [0.1, 0.15) is 28.8 Å². The number of piperidine rings is 1. The van der Waals surface area contributed by atoms with Crippen LogP contribution >= 0.6 is 0 Å². The summed E-state index contributed by atoms with van der Waals surface area (Å²) in [6.07, 6.45) is 5.15. The van der Waals surface area contributed by atoms with Crippen molar-refractivity contribution < 1.29 is 17.6 Å². The lowest BCUT2D eigenvalue weighted by Gasteiger charge is -2.27. The van der Waals surface area contributed by atoms with Crippen LogP contribution in [-0.2, 0) is 16.6 Å². The molecule has 3 aromatic rings. The van der Waals surface area contributed by atoms with Gasteiger partial charge >= 0.3 is 0 Å². The molecule has 0 radical (unpaired) electrons. The number of pyridine rings is 1. The summed E-state index contributed by atoms with van der Waals surface area (Å²) in [6.45, 7) is 0.534. The lowest BCUT2D eigenvalue weighted by atomic mass is 10.1. The van der Waals surface area contributed by atoms with Crippen LogP contribution in [0.15, 0.2) is 59.9 Å². The Kier molecular flexibility index (Phi) is 4.59. The number of halogens is 1. The molecule has 7 nitrogen and oxygen atoms in total. The summed E-state index contributed by atoms with van der Waals surface area (Å²) in [7, 11) is -3.63. The van der Waals surface area contributed by atoms with Gasteiger partial charge in [0.1, 0.15) is 11.8 Å². The molecule has 5 rings (SSSR count). The van der Waals surface area contributed by atoms with Gasteiger partial charge in [-0.05, 0) is 42.7 Å². The Morgan fingerprint density at radius 2 is 1.97 bits per heavy atom. The Balaban J connectivity index is 1.24. The standard InChI is InChI=1S/C21H21FN4O3S/c22-19-10-17-9-16(19)13-26(17)30(28,29)18-4-1-14(2-5-18)11-24-21(27)15-3-6-20-23-7-8-25(20)12-15/h1-8,12,16-17,19H,9-11,13H2,(H,24,27)/t16?,17-,19?/m1/s1. The Morgan fingerprint density at radius 1 is 1.17 bits per heavy atom. The maximum absolute atomic E-state index is 13.7. The second kappa shape index (κ2) is 7.17. The minimum atomic E-state index is -3.63. The van der Waals surface area contributed by atoms with Crippen molar-refractivity contribution in [3.63, 3.8) is 0 Å². The van der Waals surface area contributed by atoms with Gasteiger partial charge in [0.25, 0.3) is 5.91 Å². The van der Waals surface area contributed by atoms with Crippen molar-refractivity contribution in [1.82, 2.24) is 19.0 Å². The number of fused-ring (bicyclic) bond motifs is 3. The average Bonchev–Trinajstić information content (AvgIpc) is 3.47. The molecule has 1 saturated heterocycles. The third-order valence-electron chi connectivity index (χ3n) is 6.04. The first-order valence-electron chi connectivity index (χ1n) is 9.87. The molecule has 3 heterocycles. The van der Waals surface area contributed by atoms with E-state index in [2.05, 4.69) is 10.3 Å². The van der Waals surface area contributed by atoms with E-state index >= 15 is 0 Å². The van der Waals surface area contributed by atoms with E-state index in [9.17, 15) is 17.6 Å². The third-order valence-corrected chi connectivity index (χ3v) is 7.97. The van der Waals surface area contributed by atoms with Gasteiger partial charge in [-0.25, -0.2) is 17.8 Å². The van der Waals surface area contributed by atoms with Crippen LogP contribution in [0.25, 0.3) is 5.65 Å². The van der Waals surface area contributed by atoms with Crippen molar-refractivity contribution in [2.45, 2.75) is 36.5 Å². The molecule has 3 atom stereocenters. The number of carbonyl (C=O) groups excluding carboxylic acids is 1. The van der Waals surface area contributed by atoms with Crippen molar-refractivity contribution in [3.8, 4) is 0 Å². The smallest absolute Gasteiger partial charge is 0.253 e. The fourth-order valence-corrected chi connectivity index (χ4v) is 6.10. The zero-order chi connectivity index (χ0) is 20.9. The van der Waals surface area contributed by atoms with Crippen molar-refractivity contribution in [2.75, 3.05) is 6.54 Å². The van der Waals surface area contributed by atoms with E-state index in [0.29, 0.717) is 18.4 Å². The molecule has 1 aliphatic heterocycles. The zero-order valence-electron chi connectivity index (χ0n) is 16.1. The highest BCUT2D eigenvalue weighted by atomic mass is 32.2. The lowest BCUT2D eigenvalue weighted by molar-refractivity contribution is 0.0950. The topological polar surface area (TPSA) is 83.8 Å². The zero-order valence-corrected chi connectivity index (χ0v) is 16.9. The summed E-state index contributed by atoms with van der Waals surface area (Å²) < 4.78 is 42.7. The van der Waals surface area contributed by atoms with Gasteiger partial charge in [-0.3, -0.25) is 4.79 Å². The van der Waals surface area contributed by atoms with Crippen LogP contribution in [0.3, 0.4) is 0 Å². The summed E-state index contributed by atoms with van der Waals surface area (Å²) in [5.41, 5.74) is 2.06. The van der Waals surface area contributed by atoms with E-state index in [-0.39, 0.29) is 35.9 Å². The quantitative estimate of drug-likeness (QED) is 0.676. The predicted molar refractivity (Wildman–Crippen MR) is 108 cm³/mol. The third kappa shape index (κ3) is 3.27. The number of aromatic nitrogens is 2. The van der Waals surface area contributed by atoms with Gasteiger partial charge in [0.2, 0.25) is 10.0 Å². The van der Waals surface area contributed by atoms with Crippen molar-refractivity contribution in [1.29, 1.82) is 0 Å². The number of nitrogens with zero attached hydrogens (tertiary/aromatic N) is 3. The molecular formula is C21H21FN4O3S. The monoisotopic (exact) mass is 428 g/mol. The number of benzene rings is 1. The fourth-order valence-electron chi connectivity index (χ4n) is 4.40. The van der Waals surface area contributed by atoms with Crippen LogP contribution in [0.5, 0.6) is 0 Å². The summed E-state index contributed by atoms with van der Waals surface area (Å²) in [5.74, 6) is -0.406. The summed E-state index contributed by atoms with van der Waals surface area (Å²) in [6, 6.07) is 9.73. The first-order chi connectivity index (χ1) is 14.4. The number of sulfonamides is 1. The van der Waals surface area contributed by atoms with Gasteiger partial charge in [0, 0.05) is 43.6 Å². The first kappa shape index (κ1) is 19.2. The minimum absolute atomic E-state index is 0.180. The highest BCUT2D eigenvalue weighted by molar-refractivity contribution is 7.89. The molecule has 1 amide bonds. The highest BCUT2D eigenvalue weighted by Gasteiger charge is 2.49. The largest absolute Gasteiger partial charge is 0.348 e. The molecule has 2 fully saturated rings. The molecule has 2 aromatic heterocycles. The predicted octanol–water partition coefficient (Wildman–Crippen LogP) is 2.39. The molecular weight excluding hydrogens is 407 g/mol. The molecule has 1 aromatic carbocycles. The van der Waals surface area contributed by atoms with Crippen LogP contribution in [0, 0.1) is 5.92 Å². The number of nitrogens with one attached hydrogen (secondary N) is 1. The number of imidazole rings is 1. The Labute approximate surface area is 173 Å². The van der Waals surface area contributed by atoms with E-state index in [1.54, 1.807) is 59.4 Å². The van der Waals surface area contributed by atoms with E-state index < -0.39 is 16.2 Å². The van der Waals surface area contributed by atoms with E-state index in [4.69, 9.17) is 0 Å². The average molecular weight is 428 g/mol. The van der Waals surface area contributed by atoms with E-state index in [1.165, 1.54) is 4.31 Å². The normalized spacial score (nSPS) is 23.8. The molecule has 1 aliphatic carbocycles. The number of amides is 1. The van der Waals surface area contributed by atoms with Crippen LogP contribution in [-0.4, -0.2) is 46.8 Å². The molecule has 30 heavy (non-hydrogen) atoms. The molecule has 2 aliphatic rings. The molecule has 2 unspecified atom stereocenters. The minimum Gasteiger partial charge on any atom is -0.348 e. The van der Waals surface area contributed by atoms with Crippen molar-refractivity contribution in [2.24, 2.45) is 5.92 Å². The van der Waals surface area contributed by atoms with Gasteiger partial charge < -0.3 is 9.72 Å². The number of hydrogen-bond donors (Lipinski definition) is 1. The van der Waals surface area contributed by atoms with Gasteiger partial charge in [-0.1, -0.05) is 12.1 Å². The Bertz CT molecular complexity index is 1210. The maximum Gasteiger partial charge on any atom is 0.253 e. The van der Waals surface area contributed by atoms with Gasteiger partial charge in [0.15, 0.2) is 0 Å². The summed E-state index contributed by atoms with van der Waals surface area (Å²) >= 11 is 0. The van der Waals surface area contributed by atoms with Crippen molar-refractivity contribution >= 4 is 21.6 Å². The molecule has 156 valence electrons. The van der Waals surface area contributed by atoms with E-state index in [1.807, 2.05) is 0 Å². The number of hydrogen-bond acceptors (Lipinski definition) is 4. The number of rotatable bonds is 5. The second-order valence-electron chi connectivity index (χ2n) is 7.91. The summed E-state index contributed by atoms with van der Waals surface area (Å²) in [5, 5.41) is 2.84. The molecule has 1 saturated carbocycles. The maximum atomic E-state index is 13.7. The highest BCUT2D eigenvalue weighted by Crippen LogP contribution is 2.42. The van der Waals surface area contributed by atoms with Crippen LogP contribution in [0.2, 0.25) is 0 Å². The summed E-state index contributed by atoms with van der Waals surface area (Å²) in [4.78, 5) is 16.8. The SMILES string of the molecule is O=C(NCc1ccc(S(=O)(=O)N2CC3C[C@@H]2CC3F)cc1)c1ccc2nccn2c1. The Hall–Kier alpha value is -2.78. The molecule has 0 spiro atoms. The van der Waals surface area contributed by atoms with Crippen molar-refractivity contribution in [3.05, 3.63) is 66.1 Å². The van der Waals surface area contributed by atoms with Crippen LogP contribution < -0.4 is 5.32 Å². The van der Waals surface area contributed by atoms with Gasteiger partial charge in [-0.15, -0.1) is 0 Å². The van der Waals surface area contributed by atoms with Gasteiger partial charge in [-0.2, -0.15) is 4.31 Å². The van der Waals surface area contributed by atoms with Gasteiger partial charge in [0.05, 0.1) is 10.5 Å². The molecule has 9 heteroatoms. The lowest BCUT2D eigenvalue weighted by Crippen LogP contribution is -2.40.